The molecule has 122 valence electrons. The molecule has 0 atom stereocenters. The molecular weight excluding hydrogens is 293 g/mol. The molecule has 0 unspecified atom stereocenters. The molecule has 0 aromatic rings. The fraction of sp³-hybridized carbons (Fsp3) is 0.692. The van der Waals surface area contributed by atoms with Crippen molar-refractivity contribution in [1.29, 1.82) is 0 Å². The van der Waals surface area contributed by atoms with Crippen molar-refractivity contribution in [2.75, 3.05) is 13.2 Å². The summed E-state index contributed by atoms with van der Waals surface area (Å²) in [4.78, 5) is 22.5. The Balaban J connectivity index is 4.41. The van der Waals surface area contributed by atoms with Gasteiger partial charge in [0, 0.05) is 5.41 Å². The van der Waals surface area contributed by atoms with Gasteiger partial charge < -0.3 is 14.6 Å². The van der Waals surface area contributed by atoms with Gasteiger partial charge in [-0.15, -0.1) is 0 Å². The molecule has 0 aliphatic heterocycles. The standard InChI is InChI=1S/C13H19F3O5/c1-8(13(14,15)16)9(17)20-6-11(2,3)7-21-10(18)12(4,5)19/h19H,1,6-7H2,2-5H3. The number of halogens is 3. The Hall–Kier alpha value is -1.57. The third-order valence-corrected chi connectivity index (χ3v) is 2.28. The smallest absolute Gasteiger partial charge is 0.422 e. The first-order chi connectivity index (χ1) is 9.17. The van der Waals surface area contributed by atoms with E-state index in [1.165, 1.54) is 27.7 Å². The fourth-order valence-electron chi connectivity index (χ4n) is 0.943. The van der Waals surface area contributed by atoms with Crippen molar-refractivity contribution >= 4 is 11.9 Å². The molecule has 5 nitrogen and oxygen atoms in total. The van der Waals surface area contributed by atoms with Gasteiger partial charge in [-0.2, -0.15) is 13.2 Å². The van der Waals surface area contributed by atoms with Crippen molar-refractivity contribution in [3.05, 3.63) is 12.2 Å². The maximum absolute atomic E-state index is 12.2. The molecule has 0 spiro atoms. The van der Waals surface area contributed by atoms with E-state index in [0.717, 1.165) is 0 Å². The lowest BCUT2D eigenvalue weighted by molar-refractivity contribution is -0.167. The summed E-state index contributed by atoms with van der Waals surface area (Å²) in [5.74, 6) is -2.47. The Morgan fingerprint density at radius 3 is 1.86 bits per heavy atom. The number of ether oxygens (including phenoxy) is 2. The summed E-state index contributed by atoms with van der Waals surface area (Å²) in [7, 11) is 0. The van der Waals surface area contributed by atoms with Crippen molar-refractivity contribution in [2.24, 2.45) is 5.41 Å². The molecule has 0 rings (SSSR count). The van der Waals surface area contributed by atoms with E-state index in [9.17, 15) is 27.9 Å². The van der Waals surface area contributed by atoms with E-state index in [4.69, 9.17) is 4.74 Å². The van der Waals surface area contributed by atoms with Crippen molar-refractivity contribution in [2.45, 2.75) is 39.5 Å². The second-order valence-corrected chi connectivity index (χ2v) is 5.85. The number of aliphatic hydroxyl groups is 1. The van der Waals surface area contributed by atoms with Crippen LogP contribution in [-0.2, 0) is 19.1 Å². The van der Waals surface area contributed by atoms with Crippen LogP contribution in [0.5, 0.6) is 0 Å². The quantitative estimate of drug-likeness (QED) is 0.600. The zero-order chi connectivity index (χ0) is 17.1. The van der Waals surface area contributed by atoms with Crippen LogP contribution in [-0.4, -0.2) is 42.0 Å². The topological polar surface area (TPSA) is 72.8 Å². The average Bonchev–Trinajstić information content (AvgIpc) is 2.29. The van der Waals surface area contributed by atoms with Crippen LogP contribution in [0.3, 0.4) is 0 Å². The molecule has 0 saturated carbocycles. The predicted molar refractivity (Wildman–Crippen MR) is 67.2 cm³/mol. The van der Waals surface area contributed by atoms with Crippen LogP contribution in [0.4, 0.5) is 13.2 Å². The molecule has 0 aromatic carbocycles. The summed E-state index contributed by atoms with van der Waals surface area (Å²) in [6.07, 6.45) is -4.85. The van der Waals surface area contributed by atoms with Gasteiger partial charge in [0.2, 0.25) is 0 Å². The van der Waals surface area contributed by atoms with E-state index < -0.39 is 41.3 Å². The number of carbonyl (C=O) groups excluding carboxylic acids is 2. The van der Waals surface area contributed by atoms with Crippen molar-refractivity contribution in [1.82, 2.24) is 0 Å². The first-order valence-corrected chi connectivity index (χ1v) is 6.00. The normalized spacial score (nSPS) is 12.8. The van der Waals surface area contributed by atoms with Gasteiger partial charge in [0.25, 0.3) is 0 Å². The molecule has 0 fully saturated rings. The van der Waals surface area contributed by atoms with Gasteiger partial charge in [0.1, 0.15) is 5.57 Å². The Labute approximate surface area is 120 Å². The monoisotopic (exact) mass is 312 g/mol. The predicted octanol–water partition coefficient (Wildman–Crippen LogP) is 1.99. The Morgan fingerprint density at radius 2 is 1.48 bits per heavy atom. The molecule has 0 aliphatic rings. The molecule has 1 N–H and O–H groups in total. The third kappa shape index (κ3) is 7.12. The molecule has 0 aliphatic carbocycles. The zero-order valence-electron chi connectivity index (χ0n) is 12.3. The first kappa shape index (κ1) is 19.4. The summed E-state index contributed by atoms with van der Waals surface area (Å²) in [6, 6.07) is 0. The Bertz CT molecular complexity index is 419. The lowest BCUT2D eigenvalue weighted by Gasteiger charge is -2.25. The highest BCUT2D eigenvalue weighted by Crippen LogP contribution is 2.26. The van der Waals surface area contributed by atoms with Crippen LogP contribution < -0.4 is 0 Å². The third-order valence-electron chi connectivity index (χ3n) is 2.28. The molecule has 8 heteroatoms. The molecular formula is C13H19F3O5. The van der Waals surface area contributed by atoms with Crippen molar-refractivity contribution in [3.63, 3.8) is 0 Å². The van der Waals surface area contributed by atoms with Gasteiger partial charge in [0.05, 0.1) is 13.2 Å². The molecule has 0 heterocycles. The summed E-state index contributed by atoms with van der Waals surface area (Å²) in [5, 5.41) is 9.37. The molecule has 0 saturated heterocycles. The lowest BCUT2D eigenvalue weighted by Crippen LogP contribution is -2.37. The van der Waals surface area contributed by atoms with Crippen molar-refractivity contribution < 1.29 is 37.3 Å². The van der Waals surface area contributed by atoms with Crippen LogP contribution >= 0.6 is 0 Å². The summed E-state index contributed by atoms with van der Waals surface area (Å²) in [5.41, 5.74) is -4.20. The van der Waals surface area contributed by atoms with Gasteiger partial charge in [-0.05, 0) is 13.8 Å². The number of esters is 2. The van der Waals surface area contributed by atoms with E-state index in [1.54, 1.807) is 0 Å². The highest BCUT2D eigenvalue weighted by atomic mass is 19.4. The second-order valence-electron chi connectivity index (χ2n) is 5.85. The molecule has 0 bridgehead atoms. The number of hydrogen-bond acceptors (Lipinski definition) is 5. The first-order valence-electron chi connectivity index (χ1n) is 6.00. The Kier molecular flexibility index (Phi) is 5.98. The minimum Gasteiger partial charge on any atom is -0.463 e. The highest BCUT2D eigenvalue weighted by molar-refractivity contribution is 5.89. The van der Waals surface area contributed by atoms with Crippen molar-refractivity contribution in [3.8, 4) is 0 Å². The maximum Gasteiger partial charge on any atom is 0.422 e. The molecule has 0 amide bonds. The van der Waals surface area contributed by atoms with E-state index in [2.05, 4.69) is 11.3 Å². The van der Waals surface area contributed by atoms with Gasteiger partial charge in [-0.1, -0.05) is 20.4 Å². The molecule has 0 radical (unpaired) electrons. The maximum atomic E-state index is 12.2. The van der Waals surface area contributed by atoms with Crippen LogP contribution in [0, 0.1) is 5.41 Å². The van der Waals surface area contributed by atoms with E-state index in [1.807, 2.05) is 0 Å². The molecule has 21 heavy (non-hydrogen) atoms. The summed E-state index contributed by atoms with van der Waals surface area (Å²) < 4.78 is 45.9. The van der Waals surface area contributed by atoms with Crippen LogP contribution in [0.1, 0.15) is 27.7 Å². The van der Waals surface area contributed by atoms with E-state index in [-0.39, 0.29) is 6.61 Å². The van der Waals surface area contributed by atoms with Gasteiger partial charge >= 0.3 is 18.1 Å². The lowest BCUT2D eigenvalue weighted by atomic mass is 9.96. The number of hydrogen-bond donors (Lipinski definition) is 1. The van der Waals surface area contributed by atoms with Gasteiger partial charge in [-0.25, -0.2) is 9.59 Å². The van der Waals surface area contributed by atoms with Crippen LogP contribution in [0.15, 0.2) is 12.2 Å². The number of carbonyl (C=O) groups is 2. The largest absolute Gasteiger partial charge is 0.463 e. The van der Waals surface area contributed by atoms with Crippen LogP contribution in [0.2, 0.25) is 0 Å². The van der Waals surface area contributed by atoms with Gasteiger partial charge in [-0.3, -0.25) is 0 Å². The fourth-order valence-corrected chi connectivity index (χ4v) is 0.943. The minimum atomic E-state index is -4.85. The minimum absolute atomic E-state index is 0.235. The summed E-state index contributed by atoms with van der Waals surface area (Å²) in [6.45, 7) is 7.49. The molecule has 0 aromatic heterocycles. The van der Waals surface area contributed by atoms with E-state index >= 15 is 0 Å². The van der Waals surface area contributed by atoms with E-state index in [0.29, 0.717) is 0 Å². The number of alkyl halides is 3. The Morgan fingerprint density at radius 1 is 1.05 bits per heavy atom. The summed E-state index contributed by atoms with van der Waals surface area (Å²) >= 11 is 0. The van der Waals surface area contributed by atoms with Crippen LogP contribution in [0.25, 0.3) is 0 Å². The second kappa shape index (κ2) is 6.46. The SMILES string of the molecule is C=C(C(=O)OCC(C)(C)COC(=O)C(C)(C)O)C(F)(F)F. The zero-order valence-corrected chi connectivity index (χ0v) is 12.3. The average molecular weight is 312 g/mol. The highest BCUT2D eigenvalue weighted by Gasteiger charge is 2.38. The van der Waals surface area contributed by atoms with Gasteiger partial charge in [0.15, 0.2) is 5.60 Å². The number of rotatable bonds is 6.